The van der Waals surface area contributed by atoms with E-state index in [9.17, 15) is 0 Å². The van der Waals surface area contributed by atoms with Crippen LogP contribution in [-0.2, 0) is 0 Å². The van der Waals surface area contributed by atoms with Gasteiger partial charge in [-0.1, -0.05) is 31.9 Å². The maximum atomic E-state index is 4.05. The lowest BCUT2D eigenvalue weighted by Crippen LogP contribution is -2.14. The molecule has 0 aromatic heterocycles. The van der Waals surface area contributed by atoms with Gasteiger partial charge in [0, 0.05) is 0 Å². The molecule has 1 rings (SSSR count). The molecule has 0 unspecified atom stereocenters. The second kappa shape index (κ2) is 4.69. The second-order valence-electron chi connectivity index (χ2n) is 4.35. The predicted molar refractivity (Wildman–Crippen MR) is 55.2 cm³/mol. The summed E-state index contributed by atoms with van der Waals surface area (Å²) in [5.74, 6) is 1.88. The molecule has 1 fully saturated rings. The van der Waals surface area contributed by atoms with Crippen LogP contribution >= 0.6 is 0 Å². The molecule has 0 aromatic rings. The predicted octanol–water partition coefficient (Wildman–Crippen LogP) is 4.17. The summed E-state index contributed by atoms with van der Waals surface area (Å²) in [6.07, 6.45) is 8.52. The van der Waals surface area contributed by atoms with Gasteiger partial charge in [0.2, 0.25) is 0 Å². The molecule has 0 saturated heterocycles. The molecular formula is C12H22. The molecule has 12 heavy (non-hydrogen) atoms. The third-order valence-corrected chi connectivity index (χ3v) is 3.24. The van der Waals surface area contributed by atoms with Crippen LogP contribution in [0.4, 0.5) is 0 Å². The summed E-state index contributed by atoms with van der Waals surface area (Å²) in [4.78, 5) is 0. The van der Waals surface area contributed by atoms with Crippen molar-refractivity contribution in [2.45, 2.75) is 52.4 Å². The summed E-state index contributed by atoms with van der Waals surface area (Å²) < 4.78 is 0. The van der Waals surface area contributed by atoms with E-state index in [1.807, 2.05) is 0 Å². The van der Waals surface area contributed by atoms with Crippen LogP contribution in [0.3, 0.4) is 0 Å². The van der Waals surface area contributed by atoms with Gasteiger partial charge in [0.25, 0.3) is 0 Å². The minimum absolute atomic E-state index is 0.845. The average molecular weight is 166 g/mol. The number of rotatable bonds is 3. The fourth-order valence-electron chi connectivity index (χ4n) is 2.35. The molecule has 70 valence electrons. The smallest absolute Gasteiger partial charge is 0.0208 e. The van der Waals surface area contributed by atoms with Gasteiger partial charge in [-0.3, -0.25) is 0 Å². The molecule has 0 spiro atoms. The molecular weight excluding hydrogens is 144 g/mol. The van der Waals surface area contributed by atoms with Gasteiger partial charge < -0.3 is 0 Å². The fourth-order valence-corrected chi connectivity index (χ4v) is 2.35. The highest BCUT2D eigenvalue weighted by Crippen LogP contribution is 2.34. The molecule has 0 bridgehead atoms. The van der Waals surface area contributed by atoms with Crippen LogP contribution in [0.15, 0.2) is 12.2 Å². The van der Waals surface area contributed by atoms with Crippen molar-refractivity contribution in [3.05, 3.63) is 12.2 Å². The van der Waals surface area contributed by atoms with Crippen molar-refractivity contribution in [2.24, 2.45) is 11.8 Å². The summed E-state index contributed by atoms with van der Waals surface area (Å²) in [6, 6.07) is 0. The minimum Gasteiger partial charge on any atom is -0.0999 e. The van der Waals surface area contributed by atoms with Crippen LogP contribution in [0.5, 0.6) is 0 Å². The maximum Gasteiger partial charge on any atom is -0.0208 e. The van der Waals surface area contributed by atoms with Gasteiger partial charge in [0.1, 0.15) is 0 Å². The minimum atomic E-state index is 0.845. The molecule has 0 heteroatoms. The Kier molecular flexibility index (Phi) is 3.84. The van der Waals surface area contributed by atoms with Gasteiger partial charge in [-0.15, -0.1) is 0 Å². The van der Waals surface area contributed by atoms with Gasteiger partial charge in [-0.2, -0.15) is 0 Å². The van der Waals surface area contributed by atoms with Crippen molar-refractivity contribution in [2.75, 3.05) is 0 Å². The zero-order valence-corrected chi connectivity index (χ0v) is 8.60. The Hall–Kier alpha value is -0.260. The molecule has 1 saturated carbocycles. The lowest BCUT2D eigenvalue weighted by molar-refractivity contribution is 0.286. The molecule has 0 aliphatic heterocycles. The lowest BCUT2D eigenvalue weighted by atomic mass is 9.78. The van der Waals surface area contributed by atoms with Gasteiger partial charge >= 0.3 is 0 Å². The molecule has 0 atom stereocenters. The maximum absolute atomic E-state index is 4.05. The van der Waals surface area contributed by atoms with Gasteiger partial charge in [-0.25, -0.2) is 0 Å². The molecule has 0 heterocycles. The van der Waals surface area contributed by atoms with E-state index >= 15 is 0 Å². The summed E-state index contributed by atoms with van der Waals surface area (Å²) >= 11 is 0. The monoisotopic (exact) mass is 166 g/mol. The van der Waals surface area contributed by atoms with E-state index < -0.39 is 0 Å². The fraction of sp³-hybridized carbons (Fsp3) is 0.833. The third kappa shape index (κ3) is 2.66. The summed E-state index contributed by atoms with van der Waals surface area (Å²) in [6.45, 7) is 8.53. The van der Waals surface area contributed by atoms with E-state index in [1.165, 1.54) is 44.1 Å². The first-order chi connectivity index (χ1) is 5.74. The first kappa shape index (κ1) is 9.83. The second-order valence-corrected chi connectivity index (χ2v) is 4.35. The van der Waals surface area contributed by atoms with Crippen LogP contribution in [-0.4, -0.2) is 0 Å². The SMILES string of the molecule is C=C(C)C1CCC(CCC)CC1. The molecule has 1 aliphatic rings. The summed E-state index contributed by atoms with van der Waals surface area (Å²) in [5.41, 5.74) is 1.41. The highest BCUT2D eigenvalue weighted by atomic mass is 14.3. The molecule has 0 N–H and O–H groups in total. The van der Waals surface area contributed by atoms with Crippen LogP contribution in [0.2, 0.25) is 0 Å². The van der Waals surface area contributed by atoms with Crippen molar-refractivity contribution >= 4 is 0 Å². The Morgan fingerprint density at radius 3 is 2.25 bits per heavy atom. The largest absolute Gasteiger partial charge is 0.0999 e. The summed E-state index contributed by atoms with van der Waals surface area (Å²) in [5, 5.41) is 0. The standard InChI is InChI=1S/C12H22/c1-4-5-11-6-8-12(9-7-11)10(2)3/h11-12H,2,4-9H2,1,3H3. The van der Waals surface area contributed by atoms with Crippen LogP contribution < -0.4 is 0 Å². The number of hydrogen-bond acceptors (Lipinski definition) is 0. The number of hydrogen-bond donors (Lipinski definition) is 0. The van der Waals surface area contributed by atoms with Crippen molar-refractivity contribution in [3.63, 3.8) is 0 Å². The van der Waals surface area contributed by atoms with Crippen molar-refractivity contribution in [1.82, 2.24) is 0 Å². The van der Waals surface area contributed by atoms with E-state index in [0.29, 0.717) is 0 Å². The molecule has 0 radical (unpaired) electrons. The topological polar surface area (TPSA) is 0 Å². The van der Waals surface area contributed by atoms with E-state index in [1.54, 1.807) is 0 Å². The normalized spacial score (nSPS) is 30.2. The highest BCUT2D eigenvalue weighted by molar-refractivity contribution is 4.97. The van der Waals surface area contributed by atoms with Gasteiger partial charge in [0.05, 0.1) is 0 Å². The van der Waals surface area contributed by atoms with Crippen LogP contribution in [0.25, 0.3) is 0 Å². The van der Waals surface area contributed by atoms with Crippen molar-refractivity contribution in [3.8, 4) is 0 Å². The van der Waals surface area contributed by atoms with E-state index in [4.69, 9.17) is 0 Å². The highest BCUT2D eigenvalue weighted by Gasteiger charge is 2.20. The van der Waals surface area contributed by atoms with Crippen molar-refractivity contribution < 1.29 is 0 Å². The quantitative estimate of drug-likeness (QED) is 0.552. The van der Waals surface area contributed by atoms with Gasteiger partial charge in [-0.05, 0) is 44.4 Å². The Bertz CT molecular complexity index is 138. The van der Waals surface area contributed by atoms with Crippen LogP contribution in [0.1, 0.15) is 52.4 Å². The average Bonchev–Trinajstić information content (AvgIpc) is 2.06. The van der Waals surface area contributed by atoms with Gasteiger partial charge in [0.15, 0.2) is 0 Å². The third-order valence-electron chi connectivity index (χ3n) is 3.24. The molecule has 0 nitrogen and oxygen atoms in total. The van der Waals surface area contributed by atoms with Crippen LogP contribution in [0, 0.1) is 11.8 Å². The van der Waals surface area contributed by atoms with E-state index in [0.717, 1.165) is 11.8 Å². The molecule has 0 aromatic carbocycles. The van der Waals surface area contributed by atoms with E-state index in [-0.39, 0.29) is 0 Å². The summed E-state index contributed by atoms with van der Waals surface area (Å²) in [7, 11) is 0. The van der Waals surface area contributed by atoms with E-state index in [2.05, 4.69) is 20.4 Å². The Morgan fingerprint density at radius 2 is 1.83 bits per heavy atom. The van der Waals surface area contributed by atoms with Crippen molar-refractivity contribution in [1.29, 1.82) is 0 Å². The number of allylic oxidation sites excluding steroid dienone is 1. The Labute approximate surface area is 77.1 Å². The zero-order chi connectivity index (χ0) is 8.97. The Balaban J connectivity index is 2.25. The molecule has 1 aliphatic carbocycles. The first-order valence-electron chi connectivity index (χ1n) is 5.39. The first-order valence-corrected chi connectivity index (χ1v) is 5.39. The zero-order valence-electron chi connectivity index (χ0n) is 8.60. The molecule has 0 amide bonds. The lowest BCUT2D eigenvalue weighted by Gasteiger charge is -2.28. The Morgan fingerprint density at radius 1 is 1.25 bits per heavy atom.